The quantitative estimate of drug-likeness (QED) is 0.0757. The van der Waals surface area contributed by atoms with Crippen LogP contribution in [0, 0.1) is 0 Å². The Morgan fingerprint density at radius 2 is 0.780 bits per heavy atom. The van der Waals surface area contributed by atoms with Gasteiger partial charge in [0.05, 0.1) is 0 Å². The topological polar surface area (TPSA) is 0 Å². The molecule has 0 aliphatic carbocycles. The Morgan fingerprint density at radius 3 is 1.16 bits per heavy atom. The Labute approximate surface area is 326 Å². The van der Waals surface area contributed by atoms with Gasteiger partial charge in [-0.05, 0) is 60.8 Å². The van der Waals surface area contributed by atoms with Crippen LogP contribution in [0.2, 0.25) is 13.1 Å². The van der Waals surface area contributed by atoms with Crippen molar-refractivity contribution in [2.24, 2.45) is 0 Å². The van der Waals surface area contributed by atoms with E-state index in [4.69, 9.17) is 0 Å². The molecule has 0 nitrogen and oxygen atoms in total. The van der Waals surface area contributed by atoms with E-state index >= 15 is 0 Å². The van der Waals surface area contributed by atoms with Gasteiger partial charge < -0.3 is 0 Å². The van der Waals surface area contributed by atoms with Gasteiger partial charge in [-0.1, -0.05) is 151 Å². The zero-order valence-corrected chi connectivity index (χ0v) is 36.5. The van der Waals surface area contributed by atoms with Crippen molar-refractivity contribution in [2.75, 3.05) is 0 Å². The van der Waals surface area contributed by atoms with Gasteiger partial charge in [0.25, 0.3) is 0 Å². The molecule has 0 aromatic heterocycles. The Kier molecular flexibility index (Phi) is 19.0. The van der Waals surface area contributed by atoms with E-state index in [2.05, 4.69) is 150 Å². The Balaban J connectivity index is 0.000000246. The fraction of sp³-hybridized carbons (Fsp3) is 0.375. The molecule has 262 valence electrons. The largest absolute Gasteiger partial charge is 0.164 e. The first-order chi connectivity index (χ1) is 24.1. The molecule has 6 aromatic rings. The predicted octanol–water partition coefficient (Wildman–Crippen LogP) is 14.6. The Hall–Kier alpha value is -2.81. The fourth-order valence-corrected chi connectivity index (χ4v) is 6.85. The maximum absolute atomic E-state index is 2.41. The van der Waals surface area contributed by atoms with Crippen LogP contribution in [0.5, 0.6) is 0 Å². The van der Waals surface area contributed by atoms with Gasteiger partial charge in [-0.3, -0.25) is 0 Å². The van der Waals surface area contributed by atoms with E-state index in [1.54, 1.807) is 0 Å². The zero-order chi connectivity index (χ0) is 34.8. The molecule has 0 saturated heterocycles. The monoisotopic (exact) mass is 844 g/mol. The average Bonchev–Trinajstić information content (AvgIpc) is 3.76. The van der Waals surface area contributed by atoms with Gasteiger partial charge in [-0.2, -0.15) is 12.1 Å². The molecule has 0 heterocycles. The van der Waals surface area contributed by atoms with Crippen molar-refractivity contribution >= 4 is 31.1 Å². The molecule has 0 N–H and O–H groups in total. The number of hydrogen-bond donors (Lipinski definition) is 0. The number of rotatable bonds is 14. The van der Waals surface area contributed by atoms with Gasteiger partial charge in [-0.15, -0.1) is 69.1 Å². The van der Waals surface area contributed by atoms with E-state index in [-0.39, 0.29) is 25.8 Å². The summed E-state index contributed by atoms with van der Waals surface area (Å²) in [5.41, 5.74) is 11.6. The SMILES string of the molecule is CCCCc1cc2c(-c3ccccc3CCCC)cccc2[cH-]1.CCCCc1cc2c(-c3ccccc3CCCC)cccc2[cH-]1.C[Si]C.[Hf]. The second-order valence-corrected chi connectivity index (χ2v) is 14.6. The number of benzene rings is 4. The second-order valence-electron chi connectivity index (χ2n) is 13.6. The second kappa shape index (κ2) is 22.9. The minimum absolute atomic E-state index is 0. The van der Waals surface area contributed by atoms with Crippen molar-refractivity contribution in [3.8, 4) is 22.3 Å². The third-order valence-corrected chi connectivity index (χ3v) is 9.47. The van der Waals surface area contributed by atoms with Crippen LogP contribution in [-0.4, -0.2) is 9.52 Å². The number of fused-ring (bicyclic) bond motifs is 2. The molecular formula is C48H60HfSi-2. The smallest absolute Gasteiger partial charge is 0.0307 e. The third-order valence-electron chi connectivity index (χ3n) is 9.47. The molecule has 6 aromatic carbocycles. The summed E-state index contributed by atoms with van der Waals surface area (Å²) in [4.78, 5) is 0. The summed E-state index contributed by atoms with van der Waals surface area (Å²) in [6.45, 7) is 13.4. The summed E-state index contributed by atoms with van der Waals surface area (Å²) in [5, 5.41) is 5.61. The summed E-state index contributed by atoms with van der Waals surface area (Å²) in [6, 6.07) is 40.9. The minimum atomic E-state index is 0. The van der Waals surface area contributed by atoms with Crippen LogP contribution >= 0.6 is 0 Å². The fourth-order valence-electron chi connectivity index (χ4n) is 6.85. The van der Waals surface area contributed by atoms with Gasteiger partial charge in [0.2, 0.25) is 0 Å². The molecule has 0 saturated carbocycles. The summed E-state index contributed by atoms with van der Waals surface area (Å²) in [6.07, 6.45) is 14.8. The van der Waals surface area contributed by atoms with Crippen LogP contribution < -0.4 is 0 Å². The molecule has 50 heavy (non-hydrogen) atoms. The molecular weight excluding hydrogens is 783 g/mol. The van der Waals surface area contributed by atoms with Gasteiger partial charge in [0, 0.05) is 35.4 Å². The first-order valence-electron chi connectivity index (χ1n) is 19.2. The molecule has 0 unspecified atom stereocenters. The third kappa shape index (κ3) is 11.6. The van der Waals surface area contributed by atoms with E-state index in [0.717, 1.165) is 9.52 Å². The van der Waals surface area contributed by atoms with E-state index in [9.17, 15) is 0 Å². The normalized spacial score (nSPS) is 10.7. The predicted molar refractivity (Wildman–Crippen MR) is 222 cm³/mol. The van der Waals surface area contributed by atoms with Gasteiger partial charge in [0.15, 0.2) is 0 Å². The first-order valence-corrected chi connectivity index (χ1v) is 21.2. The summed E-state index contributed by atoms with van der Waals surface area (Å²) in [7, 11) is 1.08. The summed E-state index contributed by atoms with van der Waals surface area (Å²) >= 11 is 0. The van der Waals surface area contributed by atoms with E-state index in [0.29, 0.717) is 0 Å². The zero-order valence-electron chi connectivity index (χ0n) is 31.9. The van der Waals surface area contributed by atoms with Crippen LogP contribution in [0.25, 0.3) is 43.8 Å². The van der Waals surface area contributed by atoms with Crippen molar-refractivity contribution < 1.29 is 25.8 Å². The van der Waals surface area contributed by atoms with E-state index in [1.165, 1.54) is 143 Å². The van der Waals surface area contributed by atoms with Crippen LogP contribution in [0.4, 0.5) is 0 Å². The number of hydrogen-bond acceptors (Lipinski definition) is 0. The minimum Gasteiger partial charge on any atom is -0.164 e. The molecule has 0 aliphatic rings. The number of unbranched alkanes of at least 4 members (excludes halogenated alkanes) is 4. The van der Waals surface area contributed by atoms with Gasteiger partial charge >= 0.3 is 0 Å². The Morgan fingerprint density at radius 1 is 0.440 bits per heavy atom. The maximum Gasteiger partial charge on any atom is 0.0307 e. The molecule has 2 radical (unpaired) electrons. The molecule has 0 bridgehead atoms. The first kappa shape index (κ1) is 41.6. The molecule has 0 fully saturated rings. The average molecular weight is 844 g/mol. The van der Waals surface area contributed by atoms with Crippen LogP contribution in [-0.2, 0) is 51.5 Å². The van der Waals surface area contributed by atoms with E-state index < -0.39 is 0 Å². The van der Waals surface area contributed by atoms with E-state index in [1.807, 2.05) is 0 Å². The van der Waals surface area contributed by atoms with Crippen LogP contribution in [0.15, 0.2) is 109 Å². The summed E-state index contributed by atoms with van der Waals surface area (Å²) < 4.78 is 0. The molecule has 0 atom stereocenters. The van der Waals surface area contributed by atoms with Crippen molar-refractivity contribution in [2.45, 2.75) is 118 Å². The summed E-state index contributed by atoms with van der Waals surface area (Å²) in [5.74, 6) is 0. The maximum atomic E-state index is 2.41. The standard InChI is InChI=1S/2C23H27.C2H6Si.Hf/c2*1-3-5-10-18-16-20-13-9-15-22(23(20)17-18)21-14-8-7-12-19(21)11-6-4-2;1-3-2;/h2*7-9,12-17H,3-6,10-11H2,1-2H3;1-2H3;/q2*-1;;. The number of aryl methyl sites for hydroxylation is 4. The molecule has 0 spiro atoms. The van der Waals surface area contributed by atoms with Crippen LogP contribution in [0.1, 0.15) is 101 Å². The molecule has 0 aliphatic heterocycles. The molecule has 6 rings (SSSR count). The molecule has 0 amide bonds. The van der Waals surface area contributed by atoms with Crippen molar-refractivity contribution in [1.29, 1.82) is 0 Å². The molecule has 2 heteroatoms. The van der Waals surface area contributed by atoms with Gasteiger partial charge in [-0.25, -0.2) is 0 Å². The van der Waals surface area contributed by atoms with Gasteiger partial charge in [0.1, 0.15) is 0 Å². The van der Waals surface area contributed by atoms with Crippen molar-refractivity contribution in [3.05, 3.63) is 131 Å². The van der Waals surface area contributed by atoms with Crippen molar-refractivity contribution in [1.82, 2.24) is 0 Å². The van der Waals surface area contributed by atoms with Crippen molar-refractivity contribution in [3.63, 3.8) is 0 Å². The van der Waals surface area contributed by atoms with Crippen LogP contribution in [0.3, 0.4) is 0 Å². The Bertz CT molecular complexity index is 1690.